The third-order valence-electron chi connectivity index (χ3n) is 2.08. The van der Waals surface area contributed by atoms with Gasteiger partial charge in [0.15, 0.2) is 0 Å². The van der Waals surface area contributed by atoms with Gasteiger partial charge >= 0.3 is 11.8 Å². The van der Waals surface area contributed by atoms with Crippen LogP contribution in [0, 0.1) is 21.4 Å². The summed E-state index contributed by atoms with van der Waals surface area (Å²) in [6.45, 7) is 0. The summed E-state index contributed by atoms with van der Waals surface area (Å²) in [7, 11) is 0. The van der Waals surface area contributed by atoms with E-state index in [1.807, 2.05) is 0 Å². The number of fused-ring (bicyclic) bond motifs is 1. The van der Waals surface area contributed by atoms with Gasteiger partial charge in [0.25, 0.3) is 5.69 Å². The van der Waals surface area contributed by atoms with Gasteiger partial charge in [0, 0.05) is 6.07 Å². The second-order valence-corrected chi connectivity index (χ2v) is 3.13. The number of nitro benzene ring substituents is 1. The van der Waals surface area contributed by atoms with Gasteiger partial charge < -0.3 is 5.32 Å². The molecule has 0 bridgehead atoms. The first-order valence-electron chi connectivity index (χ1n) is 4.32. The minimum atomic E-state index is -1.05. The lowest BCUT2D eigenvalue weighted by Crippen LogP contribution is -2.33. The van der Waals surface area contributed by atoms with Gasteiger partial charge in [-0.3, -0.25) is 19.7 Å². The lowest BCUT2D eigenvalue weighted by molar-refractivity contribution is -0.383. The van der Waals surface area contributed by atoms with E-state index >= 15 is 0 Å². The van der Waals surface area contributed by atoms with E-state index in [4.69, 9.17) is 5.26 Å². The molecule has 1 aromatic rings. The molecule has 8 heteroatoms. The van der Waals surface area contributed by atoms with Crippen LogP contribution in [0.1, 0.15) is 5.56 Å². The Morgan fingerprint density at radius 1 is 1.41 bits per heavy atom. The molecule has 0 saturated heterocycles. The van der Waals surface area contributed by atoms with E-state index in [-0.39, 0.29) is 16.9 Å². The maximum Gasteiger partial charge on any atom is 0.335 e. The summed E-state index contributed by atoms with van der Waals surface area (Å²) in [6, 6.07) is 3.91. The first-order chi connectivity index (χ1) is 8.02. The van der Waals surface area contributed by atoms with Gasteiger partial charge in [-0.05, 0) is 6.07 Å². The Labute approximate surface area is 94.0 Å². The fourth-order valence-electron chi connectivity index (χ4n) is 1.36. The van der Waals surface area contributed by atoms with Gasteiger partial charge in [-0.15, -0.1) is 0 Å². The number of nitro groups is 1. The van der Waals surface area contributed by atoms with E-state index in [1.165, 1.54) is 6.07 Å². The molecular weight excluding hydrogens is 228 g/mol. The Bertz CT molecular complexity index is 602. The second-order valence-electron chi connectivity index (χ2n) is 3.13. The summed E-state index contributed by atoms with van der Waals surface area (Å²) in [4.78, 5) is 32.0. The standard InChI is InChI=1S/C9H3N4O4/c10-3-4-1-5-7(6(2-4)13(16)17)12-9(15)8(14)11-5/h1-2H,(H,12,15). The Hall–Kier alpha value is -2.95. The van der Waals surface area contributed by atoms with Crippen LogP contribution in [0.25, 0.3) is 0 Å². The Morgan fingerprint density at radius 3 is 2.71 bits per heavy atom. The Kier molecular flexibility index (Phi) is 2.22. The maximum atomic E-state index is 11.0. The molecule has 1 aliphatic heterocycles. The first kappa shape index (κ1) is 10.6. The van der Waals surface area contributed by atoms with Crippen LogP contribution < -0.4 is 10.6 Å². The molecule has 2 rings (SSSR count). The van der Waals surface area contributed by atoms with Crippen molar-refractivity contribution in [1.29, 1.82) is 5.26 Å². The van der Waals surface area contributed by atoms with Crippen LogP contribution >= 0.6 is 0 Å². The van der Waals surface area contributed by atoms with E-state index < -0.39 is 22.4 Å². The number of nitriles is 1. The van der Waals surface area contributed by atoms with E-state index in [1.54, 1.807) is 6.07 Å². The molecule has 0 atom stereocenters. The second kappa shape index (κ2) is 3.57. The van der Waals surface area contributed by atoms with Crippen molar-refractivity contribution in [1.82, 2.24) is 5.32 Å². The fraction of sp³-hybridized carbons (Fsp3) is 0. The topological polar surface area (TPSA) is 127 Å². The van der Waals surface area contributed by atoms with Gasteiger partial charge in [0.2, 0.25) is 0 Å². The van der Waals surface area contributed by atoms with Crippen LogP contribution in [0.5, 0.6) is 0 Å². The predicted octanol–water partition coefficient (Wildman–Crippen LogP) is 0.181. The van der Waals surface area contributed by atoms with Gasteiger partial charge in [-0.25, -0.2) is 5.32 Å². The zero-order valence-corrected chi connectivity index (χ0v) is 8.13. The van der Waals surface area contributed by atoms with Crippen molar-refractivity contribution in [3.63, 3.8) is 0 Å². The number of nitrogens with zero attached hydrogens (tertiary/aromatic N) is 3. The smallest absolute Gasteiger partial charge is 0.310 e. The average molecular weight is 231 g/mol. The molecule has 0 aliphatic carbocycles. The van der Waals surface area contributed by atoms with Gasteiger partial charge in [0.1, 0.15) is 5.69 Å². The molecule has 0 aromatic heterocycles. The number of benzene rings is 1. The number of carbonyl (C=O) groups is 2. The molecule has 8 nitrogen and oxygen atoms in total. The van der Waals surface area contributed by atoms with Crippen LogP contribution in [0.4, 0.5) is 17.1 Å². The van der Waals surface area contributed by atoms with Gasteiger partial charge in [0.05, 0.1) is 22.2 Å². The summed E-state index contributed by atoms with van der Waals surface area (Å²) in [6.07, 6.45) is 0. The molecule has 1 aliphatic rings. The Morgan fingerprint density at radius 2 is 2.12 bits per heavy atom. The molecule has 1 N–H and O–H groups in total. The summed E-state index contributed by atoms with van der Waals surface area (Å²) in [5.74, 6) is -2.09. The summed E-state index contributed by atoms with van der Waals surface area (Å²) < 4.78 is 0. The average Bonchev–Trinajstić information content (AvgIpc) is 2.29. The molecular formula is C9H3N4O4. The monoisotopic (exact) mass is 231 g/mol. The van der Waals surface area contributed by atoms with Crippen molar-refractivity contribution in [2.75, 3.05) is 5.32 Å². The number of carbonyl (C=O) groups excluding carboxylic acids is 2. The van der Waals surface area contributed by atoms with E-state index in [2.05, 4.69) is 10.6 Å². The number of hydrogen-bond donors (Lipinski definition) is 1. The largest absolute Gasteiger partial charge is 0.335 e. The predicted molar refractivity (Wildman–Crippen MR) is 53.2 cm³/mol. The highest BCUT2D eigenvalue weighted by Gasteiger charge is 2.31. The number of nitrogens with one attached hydrogen (secondary N) is 1. The molecule has 2 amide bonds. The van der Waals surface area contributed by atoms with Crippen LogP contribution in [0.2, 0.25) is 0 Å². The summed E-state index contributed by atoms with van der Waals surface area (Å²) in [5, 5.41) is 24.9. The molecule has 1 heterocycles. The minimum absolute atomic E-state index is 0.0110. The van der Waals surface area contributed by atoms with Crippen molar-refractivity contribution < 1.29 is 14.5 Å². The maximum absolute atomic E-state index is 11.0. The van der Waals surface area contributed by atoms with Gasteiger partial charge in [-0.1, -0.05) is 0 Å². The van der Waals surface area contributed by atoms with Crippen LogP contribution in [-0.2, 0) is 9.59 Å². The van der Waals surface area contributed by atoms with Crippen LogP contribution in [0.3, 0.4) is 0 Å². The van der Waals surface area contributed by atoms with Crippen molar-refractivity contribution in [3.8, 4) is 6.07 Å². The molecule has 0 fully saturated rings. The van der Waals surface area contributed by atoms with Crippen molar-refractivity contribution >= 4 is 28.9 Å². The number of amides is 2. The minimum Gasteiger partial charge on any atom is -0.310 e. The van der Waals surface area contributed by atoms with E-state index in [0.717, 1.165) is 6.07 Å². The molecule has 0 saturated carbocycles. The quantitative estimate of drug-likeness (QED) is 0.419. The summed E-state index contributed by atoms with van der Waals surface area (Å²) in [5.41, 5.74) is -0.731. The molecule has 17 heavy (non-hydrogen) atoms. The van der Waals surface area contributed by atoms with Crippen LogP contribution in [0.15, 0.2) is 12.1 Å². The number of hydrogen-bond acceptors (Lipinski definition) is 5. The highest BCUT2D eigenvalue weighted by atomic mass is 16.6. The third-order valence-corrected chi connectivity index (χ3v) is 2.08. The molecule has 0 spiro atoms. The number of rotatable bonds is 1. The van der Waals surface area contributed by atoms with Crippen LogP contribution in [-0.4, -0.2) is 16.7 Å². The zero-order chi connectivity index (χ0) is 12.6. The Balaban J connectivity index is 2.67. The number of anilines is 1. The van der Waals surface area contributed by atoms with Crippen molar-refractivity contribution in [3.05, 3.63) is 27.8 Å². The normalized spacial score (nSPS) is 13.1. The lowest BCUT2D eigenvalue weighted by Gasteiger charge is -2.14. The molecule has 0 unspecified atom stereocenters. The van der Waals surface area contributed by atoms with Crippen molar-refractivity contribution in [2.24, 2.45) is 0 Å². The SMILES string of the molecule is N#Cc1cc2c(c([N+](=O)[O-])c1)NC(=O)C(=O)[N]2. The third kappa shape index (κ3) is 1.65. The van der Waals surface area contributed by atoms with Gasteiger partial charge in [-0.2, -0.15) is 5.26 Å². The lowest BCUT2D eigenvalue weighted by atomic mass is 10.1. The van der Waals surface area contributed by atoms with E-state index in [9.17, 15) is 19.7 Å². The molecule has 83 valence electrons. The van der Waals surface area contributed by atoms with E-state index in [0.29, 0.717) is 0 Å². The highest BCUT2D eigenvalue weighted by molar-refractivity contribution is 6.42. The molecule has 1 radical (unpaired) electrons. The first-order valence-corrected chi connectivity index (χ1v) is 4.32. The summed E-state index contributed by atoms with van der Waals surface area (Å²) >= 11 is 0. The molecule has 1 aromatic carbocycles. The highest BCUT2D eigenvalue weighted by Crippen LogP contribution is 2.35. The van der Waals surface area contributed by atoms with Crippen molar-refractivity contribution in [2.45, 2.75) is 0 Å². The fourth-order valence-corrected chi connectivity index (χ4v) is 1.36. The zero-order valence-electron chi connectivity index (χ0n) is 8.13.